The van der Waals surface area contributed by atoms with Crippen LogP contribution in [0.1, 0.15) is 28.5 Å². The summed E-state index contributed by atoms with van der Waals surface area (Å²) in [5.41, 5.74) is 12.9. The van der Waals surface area contributed by atoms with Gasteiger partial charge in [0.1, 0.15) is 5.82 Å². The molecule has 122 valence electrons. The minimum atomic E-state index is -0.250. The van der Waals surface area contributed by atoms with Crippen molar-refractivity contribution in [2.45, 2.75) is 25.2 Å². The van der Waals surface area contributed by atoms with Crippen LogP contribution < -0.4 is 11.5 Å². The van der Waals surface area contributed by atoms with Crippen molar-refractivity contribution in [3.63, 3.8) is 0 Å². The van der Waals surface area contributed by atoms with Crippen LogP contribution in [0.3, 0.4) is 0 Å². The summed E-state index contributed by atoms with van der Waals surface area (Å²) in [6, 6.07) is 6.84. The molecule has 0 fully saturated rings. The van der Waals surface area contributed by atoms with E-state index in [1.165, 1.54) is 22.3 Å². The first-order valence-electron chi connectivity index (χ1n) is 6.95. The number of aryl methyl sites for hydroxylation is 1. The molecule has 5 N–H and O–H groups in total. The minimum absolute atomic E-state index is 0.0257. The molecule has 0 saturated carbocycles. The van der Waals surface area contributed by atoms with Crippen LogP contribution in [0.2, 0.25) is 0 Å². The Bertz CT molecular complexity index is 713. The number of aliphatic imine (C=N–C) groups is 1. The summed E-state index contributed by atoms with van der Waals surface area (Å²) in [4.78, 5) is 18.0. The lowest BCUT2D eigenvalue weighted by Crippen LogP contribution is -2.21. The Morgan fingerprint density at radius 2 is 2.22 bits per heavy atom. The molecule has 1 aliphatic rings. The number of aromatic nitrogens is 1. The molecule has 23 heavy (non-hydrogen) atoms. The van der Waals surface area contributed by atoms with Gasteiger partial charge < -0.3 is 16.6 Å². The Kier molecular flexibility index (Phi) is 5.64. The van der Waals surface area contributed by atoms with Gasteiger partial charge in [-0.25, -0.2) is 9.37 Å². The van der Waals surface area contributed by atoms with Gasteiger partial charge in [0.2, 0.25) is 5.13 Å². The monoisotopic (exact) mass is 336 g/mol. The van der Waals surface area contributed by atoms with Crippen LogP contribution in [0.15, 0.2) is 29.3 Å². The number of nitrogens with two attached hydrogens (primary N) is 2. The third-order valence-corrected chi connectivity index (χ3v) is 4.49. The van der Waals surface area contributed by atoms with Crippen molar-refractivity contribution in [1.29, 1.82) is 0 Å². The number of nitrogens with zero attached hydrogens (tertiary/aromatic N) is 2. The fraction of sp³-hybridized carbons (Fsp3) is 0.267. The second kappa shape index (κ2) is 7.68. The van der Waals surface area contributed by atoms with E-state index in [2.05, 4.69) is 9.98 Å². The number of thiazole rings is 1. The van der Waals surface area contributed by atoms with Crippen molar-refractivity contribution in [3.05, 3.63) is 46.2 Å². The Morgan fingerprint density at radius 3 is 2.87 bits per heavy atom. The molecule has 1 aromatic heterocycles. The molecule has 3 rings (SSSR count). The second-order valence-corrected chi connectivity index (χ2v) is 6.07. The smallest absolute Gasteiger partial charge is 0.290 e. The summed E-state index contributed by atoms with van der Waals surface area (Å²) in [6.07, 6.45) is 2.73. The quantitative estimate of drug-likeness (QED) is 0.442. The van der Waals surface area contributed by atoms with Gasteiger partial charge in [-0.05, 0) is 42.9 Å². The van der Waals surface area contributed by atoms with E-state index < -0.39 is 0 Å². The first-order chi connectivity index (χ1) is 11.0. The lowest BCUT2D eigenvalue weighted by atomic mass is 9.85. The van der Waals surface area contributed by atoms with Gasteiger partial charge in [0.25, 0.3) is 6.47 Å². The second-order valence-electron chi connectivity index (χ2n) is 5.00. The summed E-state index contributed by atoms with van der Waals surface area (Å²) in [5, 5.41) is 7.50. The van der Waals surface area contributed by atoms with Crippen molar-refractivity contribution < 1.29 is 14.3 Å². The molecule has 0 spiro atoms. The maximum Gasteiger partial charge on any atom is 0.290 e. The number of halogens is 1. The Labute approximate surface area is 136 Å². The molecule has 1 aliphatic carbocycles. The van der Waals surface area contributed by atoms with Gasteiger partial charge >= 0.3 is 0 Å². The summed E-state index contributed by atoms with van der Waals surface area (Å²) in [7, 11) is 0. The van der Waals surface area contributed by atoms with Crippen LogP contribution in [0.4, 0.5) is 9.52 Å². The zero-order valence-electron chi connectivity index (χ0n) is 12.3. The van der Waals surface area contributed by atoms with E-state index in [-0.39, 0.29) is 18.2 Å². The molecule has 0 bridgehead atoms. The van der Waals surface area contributed by atoms with E-state index >= 15 is 0 Å². The van der Waals surface area contributed by atoms with Crippen molar-refractivity contribution in [3.8, 4) is 0 Å². The number of guanidine groups is 1. The molecule has 1 aromatic carbocycles. The predicted molar refractivity (Wildman–Crippen MR) is 87.4 cm³/mol. The molecular weight excluding hydrogens is 319 g/mol. The Morgan fingerprint density at radius 1 is 1.48 bits per heavy atom. The van der Waals surface area contributed by atoms with Gasteiger partial charge in [-0.15, -0.1) is 0 Å². The van der Waals surface area contributed by atoms with E-state index in [0.717, 1.165) is 30.5 Å². The van der Waals surface area contributed by atoms with E-state index in [1.54, 1.807) is 12.1 Å². The van der Waals surface area contributed by atoms with Gasteiger partial charge in [-0.2, -0.15) is 4.99 Å². The van der Waals surface area contributed by atoms with Crippen molar-refractivity contribution >= 4 is 28.9 Å². The van der Waals surface area contributed by atoms with Gasteiger partial charge in [0, 0.05) is 4.88 Å². The van der Waals surface area contributed by atoms with Crippen molar-refractivity contribution in [2.24, 2.45) is 16.5 Å². The van der Waals surface area contributed by atoms with Crippen LogP contribution >= 0.6 is 11.3 Å². The minimum Gasteiger partial charge on any atom is -0.483 e. The van der Waals surface area contributed by atoms with E-state index in [0.29, 0.717) is 11.0 Å². The van der Waals surface area contributed by atoms with Crippen molar-refractivity contribution in [1.82, 2.24) is 4.98 Å². The number of carboxylic acid groups (broad SMARTS) is 1. The lowest BCUT2D eigenvalue weighted by molar-refractivity contribution is -0.122. The molecular formula is C15H17FN4O2S. The summed E-state index contributed by atoms with van der Waals surface area (Å²) >= 11 is 1.51. The fourth-order valence-electron chi connectivity index (χ4n) is 2.56. The van der Waals surface area contributed by atoms with Crippen LogP contribution in [0.5, 0.6) is 0 Å². The normalized spacial score (nSPS) is 15.8. The summed E-state index contributed by atoms with van der Waals surface area (Å²) < 4.78 is 13.3. The average Bonchev–Trinajstić information content (AvgIpc) is 2.88. The number of fused-ring (bicyclic) bond motifs is 1. The first-order valence-corrected chi connectivity index (χ1v) is 7.76. The zero-order chi connectivity index (χ0) is 16.8. The SMILES string of the molecule is NC(N)=Nc1nc2c(s1)CC(c1cccc(F)c1)CC2.O=CO. The topological polar surface area (TPSA) is 115 Å². The maximum absolute atomic E-state index is 13.3. The van der Waals surface area contributed by atoms with Crippen LogP contribution in [-0.2, 0) is 17.6 Å². The Balaban J connectivity index is 0.000000595. The highest BCUT2D eigenvalue weighted by Crippen LogP contribution is 2.37. The van der Waals surface area contributed by atoms with Gasteiger partial charge in [-0.1, -0.05) is 23.5 Å². The first kappa shape index (κ1) is 16.9. The number of benzene rings is 1. The summed E-state index contributed by atoms with van der Waals surface area (Å²) in [6.45, 7) is -0.250. The van der Waals surface area contributed by atoms with E-state index in [4.69, 9.17) is 21.4 Å². The molecule has 8 heteroatoms. The number of hydrogen-bond acceptors (Lipinski definition) is 4. The number of rotatable bonds is 2. The molecule has 1 heterocycles. The standard InChI is InChI=1S/C14H15FN4S.CH2O2/c15-10-3-1-2-8(6-10)9-4-5-11-12(7-9)20-14(18-11)19-13(16)17;2-1-3/h1-3,6,9H,4-5,7H2,(H4,16,17,18,19);1H,(H,2,3). The van der Waals surface area contributed by atoms with Gasteiger partial charge in [0.05, 0.1) is 5.69 Å². The largest absolute Gasteiger partial charge is 0.483 e. The highest BCUT2D eigenvalue weighted by atomic mass is 32.1. The fourth-order valence-corrected chi connectivity index (χ4v) is 3.64. The van der Waals surface area contributed by atoms with Gasteiger partial charge in [0.15, 0.2) is 5.96 Å². The number of carbonyl (C=O) groups is 1. The molecule has 0 saturated heterocycles. The van der Waals surface area contributed by atoms with Crippen molar-refractivity contribution in [2.75, 3.05) is 0 Å². The summed E-state index contributed by atoms with van der Waals surface area (Å²) in [5.74, 6) is 0.183. The average molecular weight is 336 g/mol. The molecule has 1 unspecified atom stereocenters. The number of hydrogen-bond donors (Lipinski definition) is 3. The van der Waals surface area contributed by atoms with Crippen LogP contribution in [-0.4, -0.2) is 22.5 Å². The highest BCUT2D eigenvalue weighted by Gasteiger charge is 2.24. The molecule has 1 atom stereocenters. The van der Waals surface area contributed by atoms with E-state index in [9.17, 15) is 4.39 Å². The zero-order valence-corrected chi connectivity index (χ0v) is 13.1. The molecule has 6 nitrogen and oxygen atoms in total. The Hall–Kier alpha value is -2.48. The lowest BCUT2D eigenvalue weighted by Gasteiger charge is -2.21. The highest BCUT2D eigenvalue weighted by molar-refractivity contribution is 7.15. The molecule has 2 aromatic rings. The molecule has 0 amide bonds. The third kappa shape index (κ3) is 4.49. The predicted octanol–water partition coefficient (Wildman–Crippen LogP) is 2.16. The van der Waals surface area contributed by atoms with Gasteiger partial charge in [-0.3, -0.25) is 4.79 Å². The molecule has 0 aliphatic heterocycles. The van der Waals surface area contributed by atoms with E-state index in [1.807, 2.05) is 6.07 Å². The maximum atomic E-state index is 13.3. The third-order valence-electron chi connectivity index (χ3n) is 3.47. The molecule has 0 radical (unpaired) electrons. The van der Waals surface area contributed by atoms with Crippen LogP contribution in [0.25, 0.3) is 0 Å². The van der Waals surface area contributed by atoms with Crippen LogP contribution in [0, 0.1) is 5.82 Å².